The van der Waals surface area contributed by atoms with Crippen molar-refractivity contribution < 1.29 is 27.1 Å². The molecule has 0 amide bonds. The molecule has 0 saturated heterocycles. The van der Waals surface area contributed by atoms with E-state index in [-0.39, 0.29) is 21.3 Å². The zero-order valence-corrected chi connectivity index (χ0v) is 19.3. The highest BCUT2D eigenvalue weighted by Gasteiger charge is 2.39. The Labute approximate surface area is 194 Å². The summed E-state index contributed by atoms with van der Waals surface area (Å²) in [5.74, 6) is -3.27. The molecular formula is C22H16F2N2O6S2. The molecule has 2 heterocycles. The Morgan fingerprint density at radius 1 is 1.09 bits per heavy atom. The standard InChI is InChI=1S/C22H16F2N2O6S2/c1-22(2,12-5-3-4-6-13(12)23)34(31,32)11-7-8-14(24)16(9-11)26-19(27)17-15(25-21(26)30)10-33-18(17)20(28)29/h3-10H,1-2H3,(H,25,30)(H,28,29). The molecule has 0 aliphatic carbocycles. The van der Waals surface area contributed by atoms with E-state index in [9.17, 15) is 36.7 Å². The van der Waals surface area contributed by atoms with Crippen LogP contribution in [0.3, 0.4) is 0 Å². The Bertz CT molecular complexity index is 1700. The number of aromatic amines is 1. The molecule has 34 heavy (non-hydrogen) atoms. The Kier molecular flexibility index (Phi) is 5.53. The zero-order valence-electron chi connectivity index (χ0n) is 17.6. The average Bonchev–Trinajstić information content (AvgIpc) is 3.19. The first kappa shape index (κ1) is 23.5. The molecule has 0 bridgehead atoms. The van der Waals surface area contributed by atoms with Crippen molar-refractivity contribution in [1.29, 1.82) is 0 Å². The molecule has 0 atom stereocenters. The number of benzene rings is 2. The van der Waals surface area contributed by atoms with Crippen molar-refractivity contribution in [3.8, 4) is 5.69 Å². The normalized spacial score (nSPS) is 12.2. The van der Waals surface area contributed by atoms with E-state index in [0.717, 1.165) is 24.3 Å². The number of carboxylic acids is 1. The zero-order chi connectivity index (χ0) is 25.0. The lowest BCUT2D eigenvalue weighted by atomic mass is 10.0. The second-order valence-corrected chi connectivity index (χ2v) is 11.2. The number of halogens is 2. The average molecular weight is 507 g/mol. The summed E-state index contributed by atoms with van der Waals surface area (Å²) in [5, 5.41) is 10.3. The molecule has 0 saturated carbocycles. The number of aromatic nitrogens is 2. The van der Waals surface area contributed by atoms with E-state index in [1.54, 1.807) is 0 Å². The van der Waals surface area contributed by atoms with E-state index >= 15 is 0 Å². The van der Waals surface area contributed by atoms with Crippen LogP contribution >= 0.6 is 11.3 Å². The number of hydrogen-bond donors (Lipinski definition) is 2. The van der Waals surface area contributed by atoms with Gasteiger partial charge >= 0.3 is 11.7 Å². The number of carboxylic acid groups (broad SMARTS) is 1. The second kappa shape index (κ2) is 7.99. The smallest absolute Gasteiger partial charge is 0.346 e. The molecule has 0 aliphatic rings. The molecule has 2 N–H and O–H groups in total. The van der Waals surface area contributed by atoms with Crippen LogP contribution in [0.2, 0.25) is 0 Å². The molecule has 0 unspecified atom stereocenters. The number of fused-ring (bicyclic) bond motifs is 1. The largest absolute Gasteiger partial charge is 0.477 e. The summed E-state index contributed by atoms with van der Waals surface area (Å²) in [6.45, 7) is 2.55. The SMILES string of the molecule is CC(C)(c1ccccc1F)S(=O)(=O)c1ccc(F)c(-n2c(=O)[nH]c3csc(C(=O)O)c3c2=O)c1. The maximum absolute atomic E-state index is 14.8. The number of carbonyl (C=O) groups is 1. The van der Waals surface area contributed by atoms with E-state index in [1.165, 1.54) is 37.4 Å². The molecule has 0 fully saturated rings. The number of aromatic carboxylic acids is 1. The molecule has 0 spiro atoms. The van der Waals surface area contributed by atoms with Gasteiger partial charge in [-0.3, -0.25) is 4.79 Å². The van der Waals surface area contributed by atoms with Crippen LogP contribution in [-0.2, 0) is 14.6 Å². The van der Waals surface area contributed by atoms with Crippen LogP contribution in [0.1, 0.15) is 29.1 Å². The fourth-order valence-corrected chi connectivity index (χ4v) is 6.02. The van der Waals surface area contributed by atoms with Crippen molar-refractivity contribution in [1.82, 2.24) is 9.55 Å². The molecule has 0 radical (unpaired) electrons. The van der Waals surface area contributed by atoms with Gasteiger partial charge in [0.15, 0.2) is 9.84 Å². The maximum Gasteiger partial charge on any atom is 0.346 e. The molecule has 0 aliphatic heterocycles. The fourth-order valence-electron chi connectivity index (χ4n) is 3.63. The van der Waals surface area contributed by atoms with Crippen molar-refractivity contribution in [2.45, 2.75) is 23.5 Å². The van der Waals surface area contributed by atoms with E-state index in [0.29, 0.717) is 15.9 Å². The molecule has 2 aromatic heterocycles. The number of thiophene rings is 1. The van der Waals surface area contributed by atoms with Crippen molar-refractivity contribution in [2.75, 3.05) is 0 Å². The summed E-state index contributed by atoms with van der Waals surface area (Å²) in [5.41, 5.74) is -3.07. The predicted molar refractivity (Wildman–Crippen MR) is 122 cm³/mol. The third kappa shape index (κ3) is 3.46. The van der Waals surface area contributed by atoms with Crippen molar-refractivity contribution >= 4 is 38.0 Å². The monoisotopic (exact) mass is 506 g/mol. The Morgan fingerprint density at radius 2 is 1.76 bits per heavy atom. The van der Waals surface area contributed by atoms with Crippen molar-refractivity contribution in [3.05, 3.63) is 90.8 Å². The highest BCUT2D eigenvalue weighted by molar-refractivity contribution is 7.92. The van der Waals surface area contributed by atoms with E-state index in [2.05, 4.69) is 4.98 Å². The number of hydrogen-bond acceptors (Lipinski definition) is 6. The Balaban J connectivity index is 1.97. The molecule has 8 nitrogen and oxygen atoms in total. The molecule has 4 rings (SSSR count). The van der Waals surface area contributed by atoms with Gasteiger partial charge in [0, 0.05) is 10.9 Å². The number of H-pyrrole nitrogens is 1. The fraction of sp³-hybridized carbons (Fsp3) is 0.136. The van der Waals surface area contributed by atoms with Crippen molar-refractivity contribution in [2.24, 2.45) is 0 Å². The van der Waals surface area contributed by atoms with Gasteiger partial charge in [-0.15, -0.1) is 11.3 Å². The van der Waals surface area contributed by atoms with Gasteiger partial charge in [-0.05, 0) is 38.1 Å². The van der Waals surface area contributed by atoms with E-state index in [1.807, 2.05) is 0 Å². The summed E-state index contributed by atoms with van der Waals surface area (Å²) < 4.78 is 54.6. The number of nitrogens with one attached hydrogen (secondary N) is 1. The van der Waals surface area contributed by atoms with E-state index < -0.39 is 54.0 Å². The first-order valence-corrected chi connectivity index (χ1v) is 12.0. The first-order chi connectivity index (χ1) is 15.9. The summed E-state index contributed by atoms with van der Waals surface area (Å²) >= 11 is 0.703. The summed E-state index contributed by atoms with van der Waals surface area (Å²) in [7, 11) is -4.37. The quantitative estimate of drug-likeness (QED) is 0.400. The van der Waals surface area contributed by atoms with E-state index in [4.69, 9.17) is 0 Å². The van der Waals surface area contributed by atoms with Gasteiger partial charge in [-0.1, -0.05) is 18.2 Å². The van der Waals surface area contributed by atoms with Crippen LogP contribution in [-0.4, -0.2) is 29.0 Å². The van der Waals surface area contributed by atoms with Crippen LogP contribution in [0.15, 0.2) is 62.3 Å². The van der Waals surface area contributed by atoms with Crippen LogP contribution in [0.5, 0.6) is 0 Å². The summed E-state index contributed by atoms with van der Waals surface area (Å²) in [6.07, 6.45) is 0. The lowest BCUT2D eigenvalue weighted by Crippen LogP contribution is -2.35. The molecular weight excluding hydrogens is 490 g/mol. The van der Waals surface area contributed by atoms with Crippen molar-refractivity contribution in [3.63, 3.8) is 0 Å². The van der Waals surface area contributed by atoms with Gasteiger partial charge in [0.25, 0.3) is 5.56 Å². The minimum absolute atomic E-state index is 0.0430. The minimum atomic E-state index is -4.37. The third-order valence-corrected chi connectivity index (χ3v) is 8.92. The second-order valence-electron chi connectivity index (χ2n) is 7.84. The predicted octanol–water partition coefficient (Wildman–Crippen LogP) is 3.43. The summed E-state index contributed by atoms with van der Waals surface area (Å²) in [4.78, 5) is 38.6. The van der Waals surface area contributed by atoms with Crippen LogP contribution in [0.25, 0.3) is 16.6 Å². The van der Waals surface area contributed by atoms with Gasteiger partial charge in [0.05, 0.1) is 26.2 Å². The third-order valence-electron chi connectivity index (χ3n) is 5.51. The molecule has 176 valence electrons. The van der Waals surface area contributed by atoms with Crippen LogP contribution < -0.4 is 11.2 Å². The highest BCUT2D eigenvalue weighted by atomic mass is 32.2. The Morgan fingerprint density at radius 3 is 2.41 bits per heavy atom. The van der Waals surface area contributed by atoms with Crippen LogP contribution in [0, 0.1) is 11.6 Å². The Hall–Kier alpha value is -3.64. The van der Waals surface area contributed by atoms with Crippen LogP contribution in [0.4, 0.5) is 8.78 Å². The minimum Gasteiger partial charge on any atom is -0.477 e. The first-order valence-electron chi connectivity index (χ1n) is 9.67. The lowest BCUT2D eigenvalue weighted by molar-refractivity contribution is 0.0704. The highest BCUT2D eigenvalue weighted by Crippen LogP contribution is 2.37. The van der Waals surface area contributed by atoms with Gasteiger partial charge in [0.1, 0.15) is 16.5 Å². The summed E-state index contributed by atoms with van der Waals surface area (Å²) in [6, 6.07) is 7.80. The molecule has 2 aromatic carbocycles. The lowest BCUT2D eigenvalue weighted by Gasteiger charge is -2.26. The van der Waals surface area contributed by atoms with Gasteiger partial charge in [-0.2, -0.15) is 0 Å². The number of sulfone groups is 1. The van der Waals surface area contributed by atoms with Gasteiger partial charge in [0.2, 0.25) is 0 Å². The number of rotatable bonds is 5. The number of nitrogens with zero attached hydrogens (tertiary/aromatic N) is 1. The molecule has 4 aromatic rings. The molecule has 12 heteroatoms. The maximum atomic E-state index is 14.8. The van der Waals surface area contributed by atoms with Gasteiger partial charge in [-0.25, -0.2) is 31.4 Å². The van der Waals surface area contributed by atoms with Gasteiger partial charge < -0.3 is 10.1 Å². The topological polar surface area (TPSA) is 126 Å².